The summed E-state index contributed by atoms with van der Waals surface area (Å²) in [5, 5.41) is 11.5. The molecule has 1 amide bonds. The number of aryl methyl sites for hydroxylation is 1. The molecule has 4 nitrogen and oxygen atoms in total. The molecular formula is C11H14N2O2. The Morgan fingerprint density at radius 1 is 1.67 bits per heavy atom. The van der Waals surface area contributed by atoms with E-state index >= 15 is 0 Å². The largest absolute Gasteiger partial charge is 0.469 e. The molecule has 0 radical (unpaired) electrons. The molecule has 4 heteroatoms. The fourth-order valence-electron chi connectivity index (χ4n) is 1.06. The second-order valence-corrected chi connectivity index (χ2v) is 4.07. The lowest BCUT2D eigenvalue weighted by Crippen LogP contribution is -2.33. The topological polar surface area (TPSA) is 66.0 Å². The quantitative estimate of drug-likeness (QED) is 0.820. The summed E-state index contributed by atoms with van der Waals surface area (Å²) in [5.74, 6) is 0.381. The summed E-state index contributed by atoms with van der Waals surface area (Å²) in [5.41, 5.74) is -0.0310. The summed E-state index contributed by atoms with van der Waals surface area (Å²) in [6.07, 6.45) is 1.47. The fraction of sp³-hybridized carbons (Fsp3) is 0.455. The van der Waals surface area contributed by atoms with Gasteiger partial charge in [-0.2, -0.15) is 5.26 Å². The van der Waals surface area contributed by atoms with Crippen molar-refractivity contribution in [3.8, 4) is 6.07 Å². The zero-order valence-corrected chi connectivity index (χ0v) is 9.13. The van der Waals surface area contributed by atoms with Gasteiger partial charge in [-0.05, 0) is 26.8 Å². The molecule has 1 rings (SSSR count). The number of nitrogens with zero attached hydrogens (tertiary/aromatic N) is 1. The van der Waals surface area contributed by atoms with Crippen LogP contribution in [-0.2, 0) is 0 Å². The molecule has 0 spiro atoms. The molecule has 0 aromatic carbocycles. The monoisotopic (exact) mass is 206 g/mol. The van der Waals surface area contributed by atoms with Crippen molar-refractivity contribution >= 4 is 5.91 Å². The van der Waals surface area contributed by atoms with Gasteiger partial charge in [0.1, 0.15) is 5.76 Å². The smallest absolute Gasteiger partial charge is 0.254 e. The number of nitrogens with one attached hydrogen (secondary N) is 1. The lowest BCUT2D eigenvalue weighted by atomic mass is 9.96. The third kappa shape index (κ3) is 2.84. The van der Waals surface area contributed by atoms with Gasteiger partial charge >= 0.3 is 0 Å². The number of furan rings is 1. The molecule has 0 bridgehead atoms. The molecule has 80 valence electrons. The van der Waals surface area contributed by atoms with Crippen molar-refractivity contribution < 1.29 is 9.21 Å². The van der Waals surface area contributed by atoms with Crippen LogP contribution in [-0.4, -0.2) is 12.5 Å². The summed E-state index contributed by atoms with van der Waals surface area (Å²) >= 11 is 0. The van der Waals surface area contributed by atoms with Gasteiger partial charge < -0.3 is 9.73 Å². The summed E-state index contributed by atoms with van der Waals surface area (Å²) in [4.78, 5) is 11.6. The third-order valence-electron chi connectivity index (χ3n) is 2.10. The van der Waals surface area contributed by atoms with Crippen molar-refractivity contribution in [1.29, 1.82) is 5.26 Å². The maximum absolute atomic E-state index is 11.6. The van der Waals surface area contributed by atoms with Crippen molar-refractivity contribution in [1.82, 2.24) is 5.32 Å². The van der Waals surface area contributed by atoms with Gasteiger partial charge in [0, 0.05) is 6.54 Å². The number of hydrogen-bond donors (Lipinski definition) is 1. The normalized spacial score (nSPS) is 10.8. The van der Waals surface area contributed by atoms with Crippen LogP contribution in [0.2, 0.25) is 0 Å². The summed E-state index contributed by atoms with van der Waals surface area (Å²) in [6.45, 7) is 5.60. The highest BCUT2D eigenvalue weighted by atomic mass is 16.3. The summed E-state index contributed by atoms with van der Waals surface area (Å²) < 4.78 is 5.02. The first-order valence-electron chi connectivity index (χ1n) is 4.70. The van der Waals surface area contributed by atoms with Crippen LogP contribution in [0.15, 0.2) is 16.7 Å². The summed E-state index contributed by atoms with van der Waals surface area (Å²) in [6, 6.07) is 3.73. The van der Waals surface area contributed by atoms with Crippen LogP contribution in [0.3, 0.4) is 0 Å². The number of carbonyl (C=O) groups excluding carboxylic acids is 1. The fourth-order valence-corrected chi connectivity index (χ4v) is 1.06. The number of amides is 1. The highest BCUT2D eigenvalue weighted by molar-refractivity contribution is 5.95. The number of carbonyl (C=O) groups is 1. The van der Waals surface area contributed by atoms with Crippen LogP contribution in [0.1, 0.15) is 30.0 Å². The molecule has 0 fully saturated rings. The van der Waals surface area contributed by atoms with Gasteiger partial charge in [-0.1, -0.05) is 0 Å². The lowest BCUT2D eigenvalue weighted by Gasteiger charge is -2.15. The van der Waals surface area contributed by atoms with Crippen molar-refractivity contribution in [2.75, 3.05) is 6.54 Å². The zero-order chi connectivity index (χ0) is 11.5. The van der Waals surface area contributed by atoms with Gasteiger partial charge in [0.05, 0.1) is 23.3 Å². The van der Waals surface area contributed by atoms with E-state index in [0.717, 1.165) is 0 Å². The van der Waals surface area contributed by atoms with Gasteiger partial charge in [-0.15, -0.1) is 0 Å². The van der Waals surface area contributed by atoms with Crippen LogP contribution >= 0.6 is 0 Å². The first-order chi connectivity index (χ1) is 6.96. The molecule has 15 heavy (non-hydrogen) atoms. The van der Waals surface area contributed by atoms with E-state index < -0.39 is 5.41 Å². The standard InChI is InChI=1S/C11H14N2O2/c1-8-9(4-5-15-8)10(14)13-7-11(2,3)6-12/h4-5H,7H2,1-3H3,(H,13,14). The van der Waals surface area contributed by atoms with Crippen molar-refractivity contribution in [2.24, 2.45) is 5.41 Å². The minimum atomic E-state index is -0.548. The van der Waals surface area contributed by atoms with Crippen LogP contribution in [0.4, 0.5) is 0 Å². The van der Waals surface area contributed by atoms with Crippen molar-refractivity contribution in [3.05, 3.63) is 23.7 Å². The van der Waals surface area contributed by atoms with E-state index in [9.17, 15) is 4.79 Å². The van der Waals surface area contributed by atoms with Crippen LogP contribution < -0.4 is 5.32 Å². The third-order valence-corrected chi connectivity index (χ3v) is 2.10. The Bertz CT molecular complexity index is 399. The first-order valence-corrected chi connectivity index (χ1v) is 4.70. The molecule has 1 aromatic rings. The molecule has 1 heterocycles. The van der Waals surface area contributed by atoms with E-state index in [1.807, 2.05) is 0 Å². The SMILES string of the molecule is Cc1occc1C(=O)NCC(C)(C)C#N. The van der Waals surface area contributed by atoms with E-state index in [0.29, 0.717) is 17.9 Å². The zero-order valence-electron chi connectivity index (χ0n) is 9.13. The number of nitriles is 1. The highest BCUT2D eigenvalue weighted by Crippen LogP contribution is 2.12. The van der Waals surface area contributed by atoms with Gasteiger partial charge in [-0.25, -0.2) is 0 Å². The van der Waals surface area contributed by atoms with Crippen molar-refractivity contribution in [3.63, 3.8) is 0 Å². The Morgan fingerprint density at radius 3 is 2.80 bits per heavy atom. The molecular weight excluding hydrogens is 192 g/mol. The number of rotatable bonds is 3. The van der Waals surface area contributed by atoms with E-state index in [1.54, 1.807) is 26.8 Å². The molecule has 0 atom stereocenters. The number of hydrogen-bond acceptors (Lipinski definition) is 3. The maximum atomic E-state index is 11.6. The van der Waals surface area contributed by atoms with Gasteiger partial charge in [0.15, 0.2) is 0 Å². The lowest BCUT2D eigenvalue weighted by molar-refractivity contribution is 0.0942. The van der Waals surface area contributed by atoms with E-state index in [4.69, 9.17) is 9.68 Å². The maximum Gasteiger partial charge on any atom is 0.254 e. The van der Waals surface area contributed by atoms with Crippen molar-refractivity contribution in [2.45, 2.75) is 20.8 Å². The van der Waals surface area contributed by atoms with Gasteiger partial charge in [-0.3, -0.25) is 4.79 Å². The predicted molar refractivity (Wildman–Crippen MR) is 55.2 cm³/mol. The van der Waals surface area contributed by atoms with Crippen LogP contribution in [0.5, 0.6) is 0 Å². The van der Waals surface area contributed by atoms with Crippen LogP contribution in [0, 0.1) is 23.7 Å². The first kappa shape index (κ1) is 11.3. The summed E-state index contributed by atoms with van der Waals surface area (Å²) in [7, 11) is 0. The molecule has 0 saturated carbocycles. The van der Waals surface area contributed by atoms with E-state index in [1.165, 1.54) is 6.26 Å². The minimum absolute atomic E-state index is 0.204. The second kappa shape index (κ2) is 4.18. The minimum Gasteiger partial charge on any atom is -0.469 e. The molecule has 1 aromatic heterocycles. The van der Waals surface area contributed by atoms with Gasteiger partial charge in [0.25, 0.3) is 5.91 Å². The van der Waals surface area contributed by atoms with Gasteiger partial charge in [0.2, 0.25) is 0 Å². The molecule has 0 aliphatic rings. The second-order valence-electron chi connectivity index (χ2n) is 4.07. The van der Waals surface area contributed by atoms with E-state index in [2.05, 4.69) is 11.4 Å². The van der Waals surface area contributed by atoms with E-state index in [-0.39, 0.29) is 5.91 Å². The molecule has 0 saturated heterocycles. The molecule has 0 aliphatic carbocycles. The molecule has 0 unspecified atom stereocenters. The molecule has 1 N–H and O–H groups in total. The Kier molecular flexibility index (Phi) is 3.15. The van der Waals surface area contributed by atoms with Crippen LogP contribution in [0.25, 0.3) is 0 Å². The average molecular weight is 206 g/mol. The Morgan fingerprint density at radius 2 is 2.33 bits per heavy atom. The molecule has 0 aliphatic heterocycles. The predicted octanol–water partition coefficient (Wildman–Crippen LogP) is 1.87. The average Bonchev–Trinajstić information content (AvgIpc) is 2.61. The Hall–Kier alpha value is -1.76. The highest BCUT2D eigenvalue weighted by Gasteiger charge is 2.19. The Balaban J connectivity index is 2.59. The Labute approximate surface area is 88.9 Å².